The monoisotopic (exact) mass is 258 g/mol. The lowest BCUT2D eigenvalue weighted by molar-refractivity contribution is -0.141. The SMILES string of the molecule is CCC(C)C(C)NC(=O)N[C@@H](C(=O)O)C(C)(C)C. The van der Waals surface area contributed by atoms with Gasteiger partial charge < -0.3 is 15.7 Å². The number of urea groups is 1. The number of carboxylic acids is 1. The van der Waals surface area contributed by atoms with Crippen LogP contribution in [0.25, 0.3) is 0 Å². The fourth-order valence-electron chi connectivity index (χ4n) is 1.52. The van der Waals surface area contributed by atoms with Crippen LogP contribution in [0.3, 0.4) is 0 Å². The van der Waals surface area contributed by atoms with Gasteiger partial charge in [-0.25, -0.2) is 9.59 Å². The Labute approximate surface area is 109 Å². The number of carboxylic acid groups (broad SMARTS) is 1. The third kappa shape index (κ3) is 5.38. The molecule has 0 radical (unpaired) electrons. The van der Waals surface area contributed by atoms with Gasteiger partial charge in [-0.15, -0.1) is 0 Å². The highest BCUT2D eigenvalue weighted by Crippen LogP contribution is 2.19. The molecule has 0 saturated carbocycles. The maximum Gasteiger partial charge on any atom is 0.326 e. The van der Waals surface area contributed by atoms with Gasteiger partial charge in [0.1, 0.15) is 6.04 Å². The van der Waals surface area contributed by atoms with Crippen molar-refractivity contribution in [3.63, 3.8) is 0 Å². The Bertz CT molecular complexity index is 297. The molecule has 3 N–H and O–H groups in total. The third-order valence-electron chi connectivity index (χ3n) is 3.24. The number of nitrogens with one attached hydrogen (secondary N) is 2. The van der Waals surface area contributed by atoms with Crippen LogP contribution in [-0.2, 0) is 4.79 Å². The molecule has 0 heterocycles. The Hall–Kier alpha value is -1.26. The molecule has 0 rings (SSSR count). The highest BCUT2D eigenvalue weighted by atomic mass is 16.4. The molecular weight excluding hydrogens is 232 g/mol. The molecule has 0 spiro atoms. The van der Waals surface area contributed by atoms with Crippen molar-refractivity contribution < 1.29 is 14.7 Å². The summed E-state index contributed by atoms with van der Waals surface area (Å²) in [6.45, 7) is 11.4. The number of amides is 2. The van der Waals surface area contributed by atoms with Gasteiger partial charge in [0, 0.05) is 6.04 Å². The van der Waals surface area contributed by atoms with Crippen molar-refractivity contribution in [3.8, 4) is 0 Å². The van der Waals surface area contributed by atoms with Crippen LogP contribution in [0.5, 0.6) is 0 Å². The van der Waals surface area contributed by atoms with E-state index in [-0.39, 0.29) is 6.04 Å². The molecule has 18 heavy (non-hydrogen) atoms. The minimum Gasteiger partial charge on any atom is -0.480 e. The van der Waals surface area contributed by atoms with E-state index in [2.05, 4.69) is 17.6 Å². The zero-order valence-electron chi connectivity index (χ0n) is 12.2. The van der Waals surface area contributed by atoms with Crippen molar-refractivity contribution in [2.75, 3.05) is 0 Å². The molecule has 0 aromatic heterocycles. The quantitative estimate of drug-likeness (QED) is 0.707. The minimum absolute atomic E-state index is 0.0180. The van der Waals surface area contributed by atoms with Gasteiger partial charge in [0.25, 0.3) is 0 Å². The first-order valence-electron chi connectivity index (χ1n) is 6.39. The zero-order chi connectivity index (χ0) is 14.5. The summed E-state index contributed by atoms with van der Waals surface area (Å²) in [6, 6.07) is -1.31. The Morgan fingerprint density at radius 1 is 1.17 bits per heavy atom. The molecular formula is C13H26N2O3. The molecule has 5 nitrogen and oxygen atoms in total. The number of rotatable bonds is 5. The van der Waals surface area contributed by atoms with Crippen molar-refractivity contribution in [3.05, 3.63) is 0 Å². The van der Waals surface area contributed by atoms with Crippen molar-refractivity contribution in [2.24, 2.45) is 11.3 Å². The van der Waals surface area contributed by atoms with Crippen molar-refractivity contribution in [2.45, 2.75) is 60.0 Å². The second-order valence-corrected chi connectivity index (χ2v) is 5.93. The zero-order valence-corrected chi connectivity index (χ0v) is 12.2. The van der Waals surface area contributed by atoms with Crippen LogP contribution in [0.1, 0.15) is 48.0 Å². The van der Waals surface area contributed by atoms with Crippen LogP contribution in [-0.4, -0.2) is 29.2 Å². The first kappa shape index (κ1) is 16.7. The normalized spacial score (nSPS) is 16.6. The number of hydrogen-bond acceptors (Lipinski definition) is 2. The van der Waals surface area contributed by atoms with Crippen LogP contribution in [0.15, 0.2) is 0 Å². The molecule has 0 fully saturated rings. The predicted octanol–water partition coefficient (Wildman–Crippen LogP) is 2.22. The second-order valence-electron chi connectivity index (χ2n) is 5.93. The lowest BCUT2D eigenvalue weighted by Crippen LogP contribution is -2.54. The third-order valence-corrected chi connectivity index (χ3v) is 3.24. The molecule has 0 aromatic carbocycles. The molecule has 0 aromatic rings. The maximum atomic E-state index is 11.7. The van der Waals surface area contributed by atoms with Crippen molar-refractivity contribution in [1.82, 2.24) is 10.6 Å². The topological polar surface area (TPSA) is 78.4 Å². The molecule has 0 bridgehead atoms. The Kier molecular flexibility index (Phi) is 6.15. The Morgan fingerprint density at radius 2 is 1.67 bits per heavy atom. The number of carbonyl (C=O) groups excluding carboxylic acids is 1. The van der Waals surface area contributed by atoms with Crippen LogP contribution < -0.4 is 10.6 Å². The first-order chi connectivity index (χ1) is 8.09. The van der Waals surface area contributed by atoms with Gasteiger partial charge in [0.15, 0.2) is 0 Å². The standard InChI is InChI=1S/C13H26N2O3/c1-7-8(2)9(3)14-12(18)15-10(11(16)17)13(4,5)6/h8-10H,7H2,1-6H3,(H,16,17)(H2,14,15,18)/t8?,9?,10-/m0/s1. The molecule has 106 valence electrons. The molecule has 0 aliphatic carbocycles. The summed E-state index contributed by atoms with van der Waals surface area (Å²) in [6.07, 6.45) is 0.961. The van der Waals surface area contributed by atoms with E-state index in [0.29, 0.717) is 5.92 Å². The highest BCUT2D eigenvalue weighted by molar-refractivity contribution is 5.83. The molecule has 0 saturated heterocycles. The van der Waals surface area contributed by atoms with E-state index >= 15 is 0 Å². The van der Waals surface area contributed by atoms with Crippen LogP contribution in [0.2, 0.25) is 0 Å². The minimum atomic E-state index is -1.02. The van der Waals surface area contributed by atoms with E-state index in [1.807, 2.05) is 13.8 Å². The summed E-state index contributed by atoms with van der Waals surface area (Å²) in [7, 11) is 0. The molecule has 0 aliphatic rings. The van der Waals surface area contributed by atoms with E-state index in [1.165, 1.54) is 0 Å². The van der Waals surface area contributed by atoms with Gasteiger partial charge in [-0.1, -0.05) is 41.0 Å². The largest absolute Gasteiger partial charge is 0.480 e. The van der Waals surface area contributed by atoms with E-state index in [1.54, 1.807) is 20.8 Å². The van der Waals surface area contributed by atoms with Crippen molar-refractivity contribution in [1.29, 1.82) is 0 Å². The summed E-state index contributed by atoms with van der Waals surface area (Å²) in [5.74, 6) is -0.664. The number of hydrogen-bond donors (Lipinski definition) is 3. The summed E-state index contributed by atoms with van der Waals surface area (Å²) in [4.78, 5) is 22.9. The average molecular weight is 258 g/mol. The van der Waals surface area contributed by atoms with Gasteiger partial charge in [-0.05, 0) is 18.3 Å². The first-order valence-corrected chi connectivity index (χ1v) is 6.39. The van der Waals surface area contributed by atoms with Gasteiger partial charge >= 0.3 is 12.0 Å². The average Bonchev–Trinajstić information content (AvgIpc) is 2.22. The maximum absolute atomic E-state index is 11.7. The number of aliphatic carboxylic acids is 1. The van der Waals surface area contributed by atoms with Crippen LogP contribution in [0, 0.1) is 11.3 Å². The lowest BCUT2D eigenvalue weighted by atomic mass is 9.87. The summed E-state index contributed by atoms with van der Waals surface area (Å²) in [5, 5.41) is 14.4. The summed E-state index contributed by atoms with van der Waals surface area (Å²) < 4.78 is 0. The fraction of sp³-hybridized carbons (Fsp3) is 0.846. The van der Waals surface area contributed by atoms with E-state index in [4.69, 9.17) is 5.11 Å². The molecule has 0 aliphatic heterocycles. The van der Waals surface area contributed by atoms with Gasteiger partial charge in [0.2, 0.25) is 0 Å². The molecule has 5 heteroatoms. The van der Waals surface area contributed by atoms with E-state index in [9.17, 15) is 9.59 Å². The molecule has 2 unspecified atom stereocenters. The molecule has 3 atom stereocenters. The van der Waals surface area contributed by atoms with Crippen LogP contribution >= 0.6 is 0 Å². The predicted molar refractivity (Wildman–Crippen MR) is 71.5 cm³/mol. The Morgan fingerprint density at radius 3 is 2.00 bits per heavy atom. The smallest absolute Gasteiger partial charge is 0.326 e. The summed E-state index contributed by atoms with van der Waals surface area (Å²) >= 11 is 0. The lowest BCUT2D eigenvalue weighted by Gasteiger charge is -2.29. The fourth-order valence-corrected chi connectivity index (χ4v) is 1.52. The highest BCUT2D eigenvalue weighted by Gasteiger charge is 2.32. The van der Waals surface area contributed by atoms with Crippen molar-refractivity contribution >= 4 is 12.0 Å². The van der Waals surface area contributed by atoms with Gasteiger partial charge in [-0.3, -0.25) is 0 Å². The second kappa shape index (κ2) is 6.61. The van der Waals surface area contributed by atoms with Crippen LogP contribution in [0.4, 0.5) is 4.79 Å². The van der Waals surface area contributed by atoms with Gasteiger partial charge in [0.05, 0.1) is 0 Å². The Balaban J connectivity index is 4.50. The number of carbonyl (C=O) groups is 2. The van der Waals surface area contributed by atoms with Gasteiger partial charge in [-0.2, -0.15) is 0 Å². The van der Waals surface area contributed by atoms with E-state index < -0.39 is 23.5 Å². The summed E-state index contributed by atoms with van der Waals surface area (Å²) in [5.41, 5.74) is -0.525. The van der Waals surface area contributed by atoms with E-state index in [0.717, 1.165) is 6.42 Å². The molecule has 2 amide bonds.